The number of furan rings is 1. The van der Waals surface area contributed by atoms with Gasteiger partial charge in [0.1, 0.15) is 11.2 Å². The first-order chi connectivity index (χ1) is 31.2. The van der Waals surface area contributed by atoms with E-state index in [9.17, 15) is 0 Å². The summed E-state index contributed by atoms with van der Waals surface area (Å²) in [6.07, 6.45) is 0. The monoisotopic (exact) mass is 798 g/mol. The molecular formula is C62H38O. The molecule has 0 spiro atoms. The van der Waals surface area contributed by atoms with Crippen molar-refractivity contribution in [2.45, 2.75) is 0 Å². The highest BCUT2D eigenvalue weighted by atomic mass is 16.3. The minimum Gasteiger partial charge on any atom is -0.455 e. The molecule has 0 amide bonds. The zero-order valence-electron chi connectivity index (χ0n) is 34.3. The largest absolute Gasteiger partial charge is 0.455 e. The van der Waals surface area contributed by atoms with Gasteiger partial charge < -0.3 is 4.42 Å². The lowest BCUT2D eigenvalue weighted by Crippen LogP contribution is -1.92. The molecule has 1 nitrogen and oxygen atoms in total. The first-order valence-electron chi connectivity index (χ1n) is 21.7. The molecule has 292 valence electrons. The van der Waals surface area contributed by atoms with E-state index in [1.165, 1.54) is 98.4 Å². The smallest absolute Gasteiger partial charge is 0.143 e. The van der Waals surface area contributed by atoms with E-state index in [4.69, 9.17) is 4.42 Å². The van der Waals surface area contributed by atoms with Crippen LogP contribution in [0.2, 0.25) is 0 Å². The molecule has 0 N–H and O–H groups in total. The third-order valence-electron chi connectivity index (χ3n) is 13.2. The van der Waals surface area contributed by atoms with Crippen molar-refractivity contribution in [3.05, 3.63) is 231 Å². The van der Waals surface area contributed by atoms with Crippen LogP contribution in [0, 0.1) is 0 Å². The molecule has 1 aromatic heterocycles. The van der Waals surface area contributed by atoms with E-state index < -0.39 is 0 Å². The maximum atomic E-state index is 6.52. The van der Waals surface area contributed by atoms with Gasteiger partial charge in [-0.15, -0.1) is 0 Å². The van der Waals surface area contributed by atoms with Crippen molar-refractivity contribution in [1.29, 1.82) is 0 Å². The molecule has 13 aromatic rings. The maximum absolute atomic E-state index is 6.52. The molecule has 0 aliphatic carbocycles. The van der Waals surface area contributed by atoms with E-state index in [1.807, 2.05) is 6.07 Å². The van der Waals surface area contributed by atoms with E-state index in [1.54, 1.807) is 0 Å². The maximum Gasteiger partial charge on any atom is 0.143 e. The van der Waals surface area contributed by atoms with Crippen molar-refractivity contribution in [3.63, 3.8) is 0 Å². The number of rotatable bonds is 5. The van der Waals surface area contributed by atoms with Crippen LogP contribution in [-0.2, 0) is 0 Å². The average molecular weight is 799 g/mol. The molecular weight excluding hydrogens is 761 g/mol. The molecule has 13 rings (SSSR count). The van der Waals surface area contributed by atoms with Crippen molar-refractivity contribution in [2.75, 3.05) is 0 Å². The van der Waals surface area contributed by atoms with E-state index in [-0.39, 0.29) is 0 Å². The lowest BCUT2D eigenvalue weighted by molar-refractivity contribution is 0.670. The molecule has 0 fully saturated rings. The van der Waals surface area contributed by atoms with Crippen LogP contribution in [0.15, 0.2) is 235 Å². The molecule has 0 aliphatic rings. The van der Waals surface area contributed by atoms with Crippen LogP contribution in [-0.4, -0.2) is 0 Å². The summed E-state index contributed by atoms with van der Waals surface area (Å²) in [5, 5.41) is 14.8. The molecule has 0 saturated carbocycles. The van der Waals surface area contributed by atoms with Crippen LogP contribution >= 0.6 is 0 Å². The molecule has 0 saturated heterocycles. The topological polar surface area (TPSA) is 13.1 Å². The Bertz CT molecular complexity index is 3890. The number of fused-ring (bicyclic) bond motifs is 10. The predicted octanol–water partition coefficient (Wildman–Crippen LogP) is 17.7. The zero-order valence-corrected chi connectivity index (χ0v) is 34.3. The second-order valence-corrected chi connectivity index (χ2v) is 16.7. The second-order valence-electron chi connectivity index (χ2n) is 16.7. The second kappa shape index (κ2) is 14.2. The van der Waals surface area contributed by atoms with Gasteiger partial charge in [0, 0.05) is 16.3 Å². The molecule has 0 bridgehead atoms. The normalized spacial score (nSPS) is 11.8. The molecule has 0 atom stereocenters. The van der Waals surface area contributed by atoms with Gasteiger partial charge in [-0.3, -0.25) is 0 Å². The number of benzene rings is 12. The van der Waals surface area contributed by atoms with Crippen LogP contribution in [0.1, 0.15) is 0 Å². The quantitative estimate of drug-likeness (QED) is 0.125. The van der Waals surface area contributed by atoms with E-state index >= 15 is 0 Å². The molecule has 12 aromatic carbocycles. The summed E-state index contributed by atoms with van der Waals surface area (Å²) < 4.78 is 6.52. The molecule has 0 unspecified atom stereocenters. The Hall–Kier alpha value is -8.26. The van der Waals surface area contributed by atoms with E-state index in [0.717, 1.165) is 33.1 Å². The Labute approximate surface area is 364 Å². The van der Waals surface area contributed by atoms with Gasteiger partial charge in [-0.2, -0.15) is 0 Å². The first-order valence-corrected chi connectivity index (χ1v) is 21.7. The zero-order chi connectivity index (χ0) is 41.4. The van der Waals surface area contributed by atoms with Gasteiger partial charge in [-0.1, -0.05) is 206 Å². The van der Waals surface area contributed by atoms with E-state index in [0.29, 0.717) is 0 Å². The minimum atomic E-state index is 0.910. The lowest BCUT2D eigenvalue weighted by atomic mass is 9.84. The highest BCUT2D eigenvalue weighted by Crippen LogP contribution is 2.46. The standard InChI is InChI=1S/C62H38O/c1-2-14-39(15-3-1)40-28-30-41(31-29-40)59-51-21-6-8-23-53(51)60(54-24-9-7-22-52(54)59)46-33-34-48-45(37-46)32-35-55-47-19-5-4-16-44(47)38-57(61(48)55)43-18-12-17-42(36-43)49-25-13-26-56-50-20-10-11-27-58(50)63-62(49)56/h1-38H. The van der Waals surface area contributed by atoms with Gasteiger partial charge in [0.25, 0.3) is 0 Å². The fraction of sp³-hybridized carbons (Fsp3) is 0. The van der Waals surface area contributed by atoms with Crippen LogP contribution < -0.4 is 0 Å². The highest BCUT2D eigenvalue weighted by Gasteiger charge is 2.19. The van der Waals surface area contributed by atoms with Gasteiger partial charge >= 0.3 is 0 Å². The average Bonchev–Trinajstić information content (AvgIpc) is 3.74. The Morgan fingerprint density at radius 1 is 0.238 bits per heavy atom. The van der Waals surface area contributed by atoms with Crippen LogP contribution in [0.3, 0.4) is 0 Å². The van der Waals surface area contributed by atoms with Crippen molar-refractivity contribution < 1.29 is 4.42 Å². The fourth-order valence-corrected chi connectivity index (χ4v) is 10.4. The van der Waals surface area contributed by atoms with Gasteiger partial charge in [-0.05, 0) is 128 Å². The van der Waals surface area contributed by atoms with Gasteiger partial charge in [-0.25, -0.2) is 0 Å². The summed E-state index contributed by atoms with van der Waals surface area (Å²) in [5.74, 6) is 0. The molecule has 1 heteroatoms. The fourth-order valence-electron chi connectivity index (χ4n) is 10.4. The lowest BCUT2D eigenvalue weighted by Gasteiger charge is -2.19. The number of hydrogen-bond acceptors (Lipinski definition) is 1. The van der Waals surface area contributed by atoms with Gasteiger partial charge in [0.15, 0.2) is 0 Å². The van der Waals surface area contributed by atoms with Crippen LogP contribution in [0.4, 0.5) is 0 Å². The Morgan fingerprint density at radius 2 is 0.746 bits per heavy atom. The van der Waals surface area contributed by atoms with Gasteiger partial charge in [0.05, 0.1) is 0 Å². The molecule has 0 radical (unpaired) electrons. The SMILES string of the molecule is c1ccc(-c2ccc(-c3c4ccccc4c(-c4ccc5c(ccc6c7ccccc7cc(-c7cccc(-c8cccc9c8oc8ccccc89)c7)c56)c4)c4ccccc34)cc2)cc1. The molecule has 0 aliphatic heterocycles. The van der Waals surface area contributed by atoms with Crippen molar-refractivity contribution in [3.8, 4) is 55.6 Å². The van der Waals surface area contributed by atoms with Crippen molar-refractivity contribution in [2.24, 2.45) is 0 Å². The van der Waals surface area contributed by atoms with Crippen molar-refractivity contribution >= 4 is 75.8 Å². The minimum absolute atomic E-state index is 0.910. The first kappa shape index (κ1) is 35.5. The predicted molar refractivity (Wildman–Crippen MR) is 268 cm³/mol. The molecule has 1 heterocycles. The summed E-state index contributed by atoms with van der Waals surface area (Å²) in [4.78, 5) is 0. The molecule has 63 heavy (non-hydrogen) atoms. The summed E-state index contributed by atoms with van der Waals surface area (Å²) in [7, 11) is 0. The van der Waals surface area contributed by atoms with Crippen LogP contribution in [0.5, 0.6) is 0 Å². The number of para-hydroxylation sites is 2. The summed E-state index contributed by atoms with van der Waals surface area (Å²) in [6.45, 7) is 0. The third-order valence-corrected chi connectivity index (χ3v) is 13.2. The summed E-state index contributed by atoms with van der Waals surface area (Å²) in [5.41, 5.74) is 13.9. The Balaban J connectivity index is 1.00. The Kier molecular flexibility index (Phi) is 7.98. The van der Waals surface area contributed by atoms with E-state index in [2.05, 4.69) is 224 Å². The summed E-state index contributed by atoms with van der Waals surface area (Å²) in [6, 6.07) is 84.4. The number of hydrogen-bond donors (Lipinski definition) is 0. The third kappa shape index (κ3) is 5.64. The van der Waals surface area contributed by atoms with Crippen LogP contribution in [0.25, 0.3) is 131 Å². The Morgan fingerprint density at radius 3 is 1.49 bits per heavy atom. The van der Waals surface area contributed by atoms with Gasteiger partial charge in [0.2, 0.25) is 0 Å². The highest BCUT2D eigenvalue weighted by molar-refractivity contribution is 6.25. The summed E-state index contributed by atoms with van der Waals surface area (Å²) >= 11 is 0. The van der Waals surface area contributed by atoms with Crippen molar-refractivity contribution in [1.82, 2.24) is 0 Å².